The molecular weight excluding hydrogens is 329 g/mol. The molecule has 1 aromatic rings. The molecule has 24 heavy (non-hydrogen) atoms. The fraction of sp³-hybridized carbons (Fsp3) is 0.529. The number of hydrogen-bond acceptors (Lipinski definition) is 3. The maximum absolute atomic E-state index is 13.2. The van der Waals surface area contributed by atoms with Gasteiger partial charge in [-0.3, -0.25) is 4.99 Å². The predicted molar refractivity (Wildman–Crippen MR) is 93.1 cm³/mol. The average molecular weight is 351 g/mol. The minimum Gasteiger partial charge on any atom is -0.288 e. The summed E-state index contributed by atoms with van der Waals surface area (Å²) in [6, 6.07) is 5.57. The van der Waals surface area contributed by atoms with E-state index in [2.05, 4.69) is 16.3 Å². The van der Waals surface area contributed by atoms with Gasteiger partial charge >= 0.3 is 10.2 Å². The number of halogens is 1. The third-order valence-corrected chi connectivity index (χ3v) is 6.27. The summed E-state index contributed by atoms with van der Waals surface area (Å²) < 4.78 is 43.7. The van der Waals surface area contributed by atoms with Crippen molar-refractivity contribution >= 4 is 21.6 Å². The van der Waals surface area contributed by atoms with Crippen LogP contribution < -0.4 is 0 Å². The smallest absolute Gasteiger partial charge is 0.288 e. The van der Waals surface area contributed by atoms with Crippen LogP contribution in [0.2, 0.25) is 0 Å². The molecule has 0 amide bonds. The van der Waals surface area contributed by atoms with E-state index in [1.807, 2.05) is 6.92 Å². The van der Waals surface area contributed by atoms with Gasteiger partial charge in [-0.15, -0.1) is 0 Å². The summed E-state index contributed by atoms with van der Waals surface area (Å²) in [7, 11) is -2.26. The van der Waals surface area contributed by atoms with E-state index in [4.69, 9.17) is 0 Å². The molecule has 2 aliphatic rings. The Morgan fingerprint density at radius 1 is 1.17 bits per heavy atom. The molecule has 0 aromatic heterocycles. The molecular formula is C17H22FN3O2S. The van der Waals surface area contributed by atoms with E-state index in [0.29, 0.717) is 12.3 Å². The highest BCUT2D eigenvalue weighted by molar-refractivity contribution is 7.88. The van der Waals surface area contributed by atoms with E-state index in [0.717, 1.165) is 24.1 Å². The molecule has 0 saturated carbocycles. The van der Waals surface area contributed by atoms with Crippen molar-refractivity contribution in [2.75, 3.05) is 13.6 Å². The Hall–Kier alpha value is -1.60. The molecule has 0 radical (unpaired) electrons. The van der Waals surface area contributed by atoms with Gasteiger partial charge in [0, 0.05) is 19.5 Å². The molecule has 0 saturated heterocycles. The quantitative estimate of drug-likeness (QED) is 0.822. The van der Waals surface area contributed by atoms with Crippen LogP contribution in [-0.4, -0.2) is 37.7 Å². The Balaban J connectivity index is 2.08. The predicted octanol–water partition coefficient (Wildman–Crippen LogP) is 3.01. The standard InChI is InChI=1S/C17H22FN3O2S/c1-11-5-4-10-19-15(11)16-12(2)17(21(3)24(22,23)20-16)13-6-8-14(18)9-7-13/h6-9,11-12,17H,4-5,10H2,1-3H3. The third kappa shape index (κ3) is 3.02. The van der Waals surface area contributed by atoms with Crippen LogP contribution in [0.1, 0.15) is 38.3 Å². The maximum atomic E-state index is 13.2. The van der Waals surface area contributed by atoms with E-state index >= 15 is 0 Å². The number of nitrogens with zero attached hydrogens (tertiary/aromatic N) is 3. The van der Waals surface area contributed by atoms with Crippen LogP contribution in [0.4, 0.5) is 4.39 Å². The Morgan fingerprint density at radius 2 is 1.83 bits per heavy atom. The molecule has 1 aromatic carbocycles. The topological polar surface area (TPSA) is 62.1 Å². The van der Waals surface area contributed by atoms with Gasteiger partial charge in [0.05, 0.1) is 17.5 Å². The van der Waals surface area contributed by atoms with Crippen LogP contribution in [-0.2, 0) is 10.2 Å². The van der Waals surface area contributed by atoms with E-state index in [1.165, 1.54) is 23.5 Å². The van der Waals surface area contributed by atoms with Gasteiger partial charge in [0.2, 0.25) is 0 Å². The lowest BCUT2D eigenvalue weighted by Crippen LogP contribution is -2.45. The Morgan fingerprint density at radius 3 is 2.46 bits per heavy atom. The van der Waals surface area contributed by atoms with Crippen LogP contribution in [0.25, 0.3) is 0 Å². The number of aliphatic imine (C=N–C) groups is 1. The molecule has 0 aliphatic carbocycles. The zero-order chi connectivity index (χ0) is 17.5. The van der Waals surface area contributed by atoms with Gasteiger partial charge in [-0.2, -0.15) is 17.1 Å². The highest BCUT2D eigenvalue weighted by Crippen LogP contribution is 2.36. The van der Waals surface area contributed by atoms with Gasteiger partial charge in [0.25, 0.3) is 0 Å². The summed E-state index contributed by atoms with van der Waals surface area (Å²) in [4.78, 5) is 4.56. The van der Waals surface area contributed by atoms with Crippen LogP contribution in [0.5, 0.6) is 0 Å². The highest BCUT2D eigenvalue weighted by atomic mass is 32.2. The van der Waals surface area contributed by atoms with Crippen molar-refractivity contribution in [3.05, 3.63) is 35.6 Å². The van der Waals surface area contributed by atoms with E-state index < -0.39 is 16.3 Å². The van der Waals surface area contributed by atoms with Gasteiger partial charge < -0.3 is 0 Å². The molecule has 3 rings (SSSR count). The van der Waals surface area contributed by atoms with Crippen LogP contribution >= 0.6 is 0 Å². The van der Waals surface area contributed by atoms with Gasteiger partial charge in [-0.25, -0.2) is 4.39 Å². The molecule has 0 fully saturated rings. The van der Waals surface area contributed by atoms with E-state index in [9.17, 15) is 12.8 Å². The van der Waals surface area contributed by atoms with Crippen LogP contribution in [0.3, 0.4) is 0 Å². The van der Waals surface area contributed by atoms with Crippen molar-refractivity contribution in [3.63, 3.8) is 0 Å². The molecule has 7 heteroatoms. The van der Waals surface area contributed by atoms with Crippen molar-refractivity contribution < 1.29 is 12.8 Å². The first-order chi connectivity index (χ1) is 11.3. The first kappa shape index (κ1) is 17.2. The fourth-order valence-electron chi connectivity index (χ4n) is 3.54. The lowest BCUT2D eigenvalue weighted by Gasteiger charge is -2.37. The van der Waals surface area contributed by atoms with E-state index in [-0.39, 0.29) is 17.7 Å². The molecule has 3 unspecified atom stereocenters. The Bertz CT molecular complexity index is 787. The molecule has 0 spiro atoms. The van der Waals surface area contributed by atoms with Gasteiger partial charge in [-0.1, -0.05) is 26.0 Å². The number of hydrogen-bond donors (Lipinski definition) is 0. The largest absolute Gasteiger partial charge is 0.322 e. The number of rotatable bonds is 2. The first-order valence-corrected chi connectivity index (χ1v) is 9.59. The van der Waals surface area contributed by atoms with Crippen molar-refractivity contribution in [2.45, 2.75) is 32.7 Å². The fourth-order valence-corrected chi connectivity index (χ4v) is 4.77. The summed E-state index contributed by atoms with van der Waals surface area (Å²) in [5, 5.41) is 0. The van der Waals surface area contributed by atoms with Gasteiger partial charge in [-0.05, 0) is 36.5 Å². The van der Waals surface area contributed by atoms with Crippen LogP contribution in [0, 0.1) is 17.7 Å². The molecule has 2 heterocycles. The summed E-state index contributed by atoms with van der Waals surface area (Å²) in [6.07, 6.45) is 2.00. The molecule has 0 bridgehead atoms. The monoisotopic (exact) mass is 351 g/mol. The second-order valence-electron chi connectivity index (χ2n) is 6.57. The molecule has 130 valence electrons. The van der Waals surface area contributed by atoms with Crippen molar-refractivity contribution in [1.82, 2.24) is 4.31 Å². The lowest BCUT2D eigenvalue weighted by atomic mass is 9.83. The SMILES string of the molecule is CC1CCCN=C1C1=NS(=O)(=O)N(C)C(c2ccc(F)cc2)C1C. The molecule has 0 N–H and O–H groups in total. The maximum Gasteiger partial charge on any atom is 0.322 e. The summed E-state index contributed by atoms with van der Waals surface area (Å²) in [6.45, 7) is 4.73. The lowest BCUT2D eigenvalue weighted by molar-refractivity contribution is 0.325. The zero-order valence-corrected chi connectivity index (χ0v) is 14.9. The van der Waals surface area contributed by atoms with Gasteiger partial charge in [0.1, 0.15) is 5.82 Å². The second kappa shape index (κ2) is 6.37. The van der Waals surface area contributed by atoms with Gasteiger partial charge in [0.15, 0.2) is 0 Å². The minimum atomic E-state index is -3.78. The van der Waals surface area contributed by atoms with Crippen molar-refractivity contribution in [3.8, 4) is 0 Å². The first-order valence-electron chi connectivity index (χ1n) is 8.19. The third-order valence-electron chi connectivity index (χ3n) is 4.89. The normalized spacial score (nSPS) is 30.6. The zero-order valence-electron chi connectivity index (χ0n) is 14.1. The highest BCUT2D eigenvalue weighted by Gasteiger charge is 2.41. The summed E-state index contributed by atoms with van der Waals surface area (Å²) in [5.74, 6) is -0.289. The number of benzene rings is 1. The summed E-state index contributed by atoms with van der Waals surface area (Å²) >= 11 is 0. The van der Waals surface area contributed by atoms with E-state index in [1.54, 1.807) is 12.1 Å². The van der Waals surface area contributed by atoms with Crippen LogP contribution in [0.15, 0.2) is 33.7 Å². The molecule has 5 nitrogen and oxygen atoms in total. The second-order valence-corrected chi connectivity index (χ2v) is 8.22. The van der Waals surface area contributed by atoms with Crippen molar-refractivity contribution in [2.24, 2.45) is 21.2 Å². The Kier molecular flexibility index (Phi) is 4.57. The minimum absolute atomic E-state index is 0.150. The Labute approximate surface area is 142 Å². The molecule has 2 aliphatic heterocycles. The summed E-state index contributed by atoms with van der Waals surface area (Å²) in [5.41, 5.74) is 2.11. The average Bonchev–Trinajstić information content (AvgIpc) is 2.54. The molecule has 3 atom stereocenters. The van der Waals surface area contributed by atoms with Crippen molar-refractivity contribution in [1.29, 1.82) is 0 Å².